The van der Waals surface area contributed by atoms with E-state index in [1.165, 1.54) is 42.6 Å². The van der Waals surface area contributed by atoms with Crippen molar-refractivity contribution in [2.45, 2.75) is 39.0 Å². The summed E-state index contributed by atoms with van der Waals surface area (Å²) < 4.78 is 0. The van der Waals surface area contributed by atoms with Gasteiger partial charge >= 0.3 is 0 Å². The van der Waals surface area contributed by atoms with Crippen molar-refractivity contribution in [2.24, 2.45) is 5.92 Å². The van der Waals surface area contributed by atoms with Crippen LogP contribution in [0.1, 0.15) is 37.3 Å². The molecule has 0 unspecified atom stereocenters. The number of alkyl halides is 1. The summed E-state index contributed by atoms with van der Waals surface area (Å²) in [6.07, 6.45) is 4.04. The van der Waals surface area contributed by atoms with Crippen molar-refractivity contribution in [3.63, 3.8) is 0 Å². The van der Waals surface area contributed by atoms with Crippen LogP contribution in [0.2, 0.25) is 0 Å². The maximum Gasteiger partial charge on any atom is 0.0476 e. The summed E-state index contributed by atoms with van der Waals surface area (Å²) in [7, 11) is 0. The van der Waals surface area contributed by atoms with Crippen molar-refractivity contribution < 1.29 is 0 Å². The molecule has 1 aliphatic rings. The molecule has 0 aliphatic heterocycles. The molecule has 1 aromatic carbocycles. The predicted molar refractivity (Wildman–Crippen MR) is 76.0 cm³/mol. The Morgan fingerprint density at radius 3 is 2.65 bits per heavy atom. The Morgan fingerprint density at radius 1 is 1.35 bits per heavy atom. The zero-order valence-electron chi connectivity index (χ0n) is 10.9. The summed E-state index contributed by atoms with van der Waals surface area (Å²) in [4.78, 5) is 2.53. The minimum atomic E-state index is 0.614. The highest BCUT2D eigenvalue weighted by molar-refractivity contribution is 6.17. The smallest absolute Gasteiger partial charge is 0.0476 e. The van der Waals surface area contributed by atoms with E-state index in [1.807, 2.05) is 0 Å². The third kappa shape index (κ3) is 3.38. The number of halogens is 1. The maximum atomic E-state index is 5.91. The van der Waals surface area contributed by atoms with E-state index in [4.69, 9.17) is 11.6 Å². The second-order valence-electron chi connectivity index (χ2n) is 5.13. The van der Waals surface area contributed by atoms with Crippen LogP contribution in [0, 0.1) is 12.8 Å². The molecule has 0 N–H and O–H groups in total. The average molecular weight is 252 g/mol. The molecule has 0 amide bonds. The Labute approximate surface area is 110 Å². The predicted octanol–water partition coefficient (Wildman–Crippen LogP) is 4.36. The summed E-state index contributed by atoms with van der Waals surface area (Å²) in [5.41, 5.74) is 3.93. The van der Waals surface area contributed by atoms with Crippen LogP contribution in [0.5, 0.6) is 0 Å². The first kappa shape index (κ1) is 12.8. The Bertz CT molecular complexity index is 371. The Morgan fingerprint density at radius 2 is 2.12 bits per heavy atom. The van der Waals surface area contributed by atoms with Gasteiger partial charge in [0.05, 0.1) is 0 Å². The van der Waals surface area contributed by atoms with Gasteiger partial charge in [0.25, 0.3) is 0 Å². The highest BCUT2D eigenvalue weighted by Crippen LogP contribution is 2.32. The first-order chi connectivity index (χ1) is 8.24. The van der Waals surface area contributed by atoms with E-state index in [2.05, 4.69) is 36.9 Å². The van der Waals surface area contributed by atoms with Crippen molar-refractivity contribution in [1.29, 1.82) is 0 Å². The van der Waals surface area contributed by atoms with Gasteiger partial charge in [-0.25, -0.2) is 0 Å². The SMILES string of the molecule is CCCN(CC1CC1)c1ccc(CCl)c(C)c1. The van der Waals surface area contributed by atoms with E-state index in [0.717, 1.165) is 12.5 Å². The van der Waals surface area contributed by atoms with E-state index in [9.17, 15) is 0 Å². The topological polar surface area (TPSA) is 3.24 Å². The number of rotatable bonds is 6. The van der Waals surface area contributed by atoms with E-state index < -0.39 is 0 Å². The molecule has 0 aromatic heterocycles. The third-order valence-corrected chi connectivity index (χ3v) is 3.79. The first-order valence-electron chi connectivity index (χ1n) is 6.65. The van der Waals surface area contributed by atoms with Crippen LogP contribution in [-0.4, -0.2) is 13.1 Å². The largest absolute Gasteiger partial charge is 0.371 e. The Hall–Kier alpha value is -0.690. The minimum Gasteiger partial charge on any atom is -0.371 e. The summed E-state index contributed by atoms with van der Waals surface area (Å²) >= 11 is 5.91. The molecule has 1 nitrogen and oxygen atoms in total. The highest BCUT2D eigenvalue weighted by atomic mass is 35.5. The number of benzene rings is 1. The normalized spacial score (nSPS) is 15.0. The first-order valence-corrected chi connectivity index (χ1v) is 7.18. The van der Waals surface area contributed by atoms with Crippen molar-refractivity contribution in [2.75, 3.05) is 18.0 Å². The Balaban J connectivity index is 2.13. The molecule has 0 radical (unpaired) electrons. The van der Waals surface area contributed by atoms with Crippen LogP contribution in [0.15, 0.2) is 18.2 Å². The van der Waals surface area contributed by atoms with Gasteiger partial charge in [0, 0.05) is 24.7 Å². The van der Waals surface area contributed by atoms with Gasteiger partial charge in [-0.1, -0.05) is 13.0 Å². The summed E-state index contributed by atoms with van der Waals surface area (Å²) in [6, 6.07) is 6.69. The van der Waals surface area contributed by atoms with Gasteiger partial charge in [-0.3, -0.25) is 0 Å². The second kappa shape index (κ2) is 5.77. The van der Waals surface area contributed by atoms with Gasteiger partial charge in [-0.2, -0.15) is 0 Å². The molecule has 17 heavy (non-hydrogen) atoms. The molecule has 1 aromatic rings. The molecular weight excluding hydrogens is 230 g/mol. The molecule has 1 aliphatic carbocycles. The van der Waals surface area contributed by atoms with Crippen LogP contribution in [0.4, 0.5) is 5.69 Å². The number of aryl methyl sites for hydroxylation is 1. The molecule has 2 rings (SSSR count). The maximum absolute atomic E-state index is 5.91. The molecule has 94 valence electrons. The lowest BCUT2D eigenvalue weighted by atomic mass is 10.1. The molecule has 0 heterocycles. The van der Waals surface area contributed by atoms with Crippen LogP contribution in [-0.2, 0) is 5.88 Å². The van der Waals surface area contributed by atoms with Gasteiger partial charge in [-0.05, 0) is 55.4 Å². The molecular formula is C15H22ClN. The van der Waals surface area contributed by atoms with Crippen LogP contribution in [0.3, 0.4) is 0 Å². The molecule has 0 saturated heterocycles. The summed E-state index contributed by atoms with van der Waals surface area (Å²) in [6.45, 7) is 6.80. The second-order valence-corrected chi connectivity index (χ2v) is 5.40. The van der Waals surface area contributed by atoms with E-state index >= 15 is 0 Å². The van der Waals surface area contributed by atoms with E-state index in [1.54, 1.807) is 0 Å². The molecule has 0 spiro atoms. The van der Waals surface area contributed by atoms with Gasteiger partial charge in [0.1, 0.15) is 0 Å². The molecule has 1 fully saturated rings. The van der Waals surface area contributed by atoms with Crippen LogP contribution < -0.4 is 4.90 Å². The molecule has 2 heteroatoms. The lowest BCUT2D eigenvalue weighted by molar-refractivity contribution is 0.708. The van der Waals surface area contributed by atoms with Crippen LogP contribution in [0.25, 0.3) is 0 Å². The molecule has 0 bridgehead atoms. The fraction of sp³-hybridized carbons (Fsp3) is 0.600. The zero-order chi connectivity index (χ0) is 12.3. The van der Waals surface area contributed by atoms with Crippen molar-refractivity contribution >= 4 is 17.3 Å². The molecule has 1 saturated carbocycles. The van der Waals surface area contributed by atoms with Crippen molar-refractivity contribution in [3.05, 3.63) is 29.3 Å². The lowest BCUT2D eigenvalue weighted by Gasteiger charge is -2.25. The number of hydrogen-bond donors (Lipinski definition) is 0. The van der Waals surface area contributed by atoms with Gasteiger partial charge < -0.3 is 4.90 Å². The van der Waals surface area contributed by atoms with E-state index in [-0.39, 0.29) is 0 Å². The summed E-state index contributed by atoms with van der Waals surface area (Å²) in [5.74, 6) is 1.55. The monoisotopic (exact) mass is 251 g/mol. The fourth-order valence-corrected chi connectivity index (χ4v) is 2.53. The average Bonchev–Trinajstić information content (AvgIpc) is 3.12. The number of hydrogen-bond acceptors (Lipinski definition) is 1. The highest BCUT2D eigenvalue weighted by Gasteiger charge is 2.24. The lowest BCUT2D eigenvalue weighted by Crippen LogP contribution is -2.26. The molecule has 0 atom stereocenters. The Kier molecular flexibility index (Phi) is 4.33. The van der Waals surface area contributed by atoms with Gasteiger partial charge in [-0.15, -0.1) is 11.6 Å². The standard InChI is InChI=1S/C15H22ClN/c1-3-8-17(11-13-4-5-13)15-7-6-14(10-16)12(2)9-15/h6-7,9,13H,3-5,8,10-11H2,1-2H3. The van der Waals surface area contributed by atoms with Gasteiger partial charge in [0.2, 0.25) is 0 Å². The number of nitrogens with zero attached hydrogens (tertiary/aromatic N) is 1. The van der Waals surface area contributed by atoms with E-state index in [0.29, 0.717) is 5.88 Å². The minimum absolute atomic E-state index is 0.614. The zero-order valence-corrected chi connectivity index (χ0v) is 11.6. The van der Waals surface area contributed by atoms with Crippen molar-refractivity contribution in [3.8, 4) is 0 Å². The van der Waals surface area contributed by atoms with Gasteiger partial charge in [0.15, 0.2) is 0 Å². The fourth-order valence-electron chi connectivity index (χ4n) is 2.23. The quantitative estimate of drug-likeness (QED) is 0.679. The third-order valence-electron chi connectivity index (χ3n) is 3.50. The van der Waals surface area contributed by atoms with Crippen LogP contribution >= 0.6 is 11.6 Å². The number of anilines is 1. The summed E-state index contributed by atoms with van der Waals surface area (Å²) in [5, 5.41) is 0. The van der Waals surface area contributed by atoms with Crippen molar-refractivity contribution in [1.82, 2.24) is 0 Å².